The van der Waals surface area contributed by atoms with Crippen LogP contribution in [-0.4, -0.2) is 23.2 Å². The van der Waals surface area contributed by atoms with Crippen LogP contribution in [0.3, 0.4) is 0 Å². The number of nitrogens with two attached hydrogens (primary N) is 2. The number of amides is 1. The SMILES string of the molecule is Cl.NC(N)=NC(=O)c1cc(OC(F)(F)F)c(Cl)cc1[N+](=O)[O-]. The fourth-order valence-corrected chi connectivity index (χ4v) is 1.44. The number of nitrogens with zero attached hydrogens (tertiary/aromatic N) is 2. The summed E-state index contributed by atoms with van der Waals surface area (Å²) in [5.74, 6) is -3.03. The molecule has 4 N–H and O–H groups in total. The number of aliphatic imine (C=N–C) groups is 1. The topological polar surface area (TPSA) is 134 Å². The van der Waals surface area contributed by atoms with E-state index >= 15 is 0 Å². The highest BCUT2D eigenvalue weighted by Gasteiger charge is 2.34. The number of ether oxygens (including phenoxy) is 1. The van der Waals surface area contributed by atoms with Crippen LogP contribution in [0.2, 0.25) is 5.02 Å². The molecule has 0 aliphatic rings. The predicted octanol–water partition coefficient (Wildman–Crippen LogP) is 1.98. The van der Waals surface area contributed by atoms with E-state index in [0.717, 1.165) is 0 Å². The van der Waals surface area contributed by atoms with E-state index in [1.165, 1.54) is 0 Å². The molecule has 1 aromatic carbocycles. The van der Waals surface area contributed by atoms with E-state index in [0.29, 0.717) is 12.1 Å². The Morgan fingerprint density at radius 2 is 1.91 bits per heavy atom. The Morgan fingerprint density at radius 1 is 1.36 bits per heavy atom. The van der Waals surface area contributed by atoms with Crippen molar-refractivity contribution in [2.24, 2.45) is 16.5 Å². The first-order chi connectivity index (χ1) is 9.51. The molecule has 0 aromatic heterocycles. The minimum atomic E-state index is -5.10. The molecule has 0 fully saturated rings. The quantitative estimate of drug-likeness (QED) is 0.365. The third kappa shape index (κ3) is 5.26. The molecule has 0 bridgehead atoms. The van der Waals surface area contributed by atoms with Gasteiger partial charge in [-0.05, 0) is 0 Å². The first-order valence-electron chi connectivity index (χ1n) is 4.89. The van der Waals surface area contributed by atoms with Crippen molar-refractivity contribution in [1.29, 1.82) is 0 Å². The van der Waals surface area contributed by atoms with Crippen molar-refractivity contribution in [1.82, 2.24) is 0 Å². The molecule has 13 heteroatoms. The van der Waals surface area contributed by atoms with Crippen LogP contribution in [0.15, 0.2) is 17.1 Å². The molecular weight excluding hydrogens is 356 g/mol. The van der Waals surface area contributed by atoms with Gasteiger partial charge < -0.3 is 16.2 Å². The molecule has 1 aromatic rings. The van der Waals surface area contributed by atoms with E-state index in [1.54, 1.807) is 0 Å². The lowest BCUT2D eigenvalue weighted by atomic mass is 10.1. The van der Waals surface area contributed by atoms with Crippen molar-refractivity contribution in [2.75, 3.05) is 0 Å². The summed E-state index contributed by atoms with van der Waals surface area (Å²) in [6, 6.07) is 0.959. The van der Waals surface area contributed by atoms with Crippen molar-refractivity contribution in [3.05, 3.63) is 32.8 Å². The van der Waals surface area contributed by atoms with Crippen LogP contribution in [0.25, 0.3) is 0 Å². The molecular formula is C9H7Cl2F3N4O4. The number of alkyl halides is 3. The summed E-state index contributed by atoms with van der Waals surface area (Å²) < 4.78 is 40.0. The third-order valence-corrected chi connectivity index (χ3v) is 2.23. The molecule has 1 rings (SSSR count). The Morgan fingerprint density at radius 3 is 2.32 bits per heavy atom. The molecule has 0 spiro atoms. The lowest BCUT2D eigenvalue weighted by molar-refractivity contribution is -0.385. The summed E-state index contributed by atoms with van der Waals surface area (Å²) >= 11 is 5.44. The van der Waals surface area contributed by atoms with E-state index in [4.69, 9.17) is 23.1 Å². The van der Waals surface area contributed by atoms with E-state index in [1.807, 2.05) is 0 Å². The first-order valence-corrected chi connectivity index (χ1v) is 5.26. The minimum absolute atomic E-state index is 0. The van der Waals surface area contributed by atoms with Gasteiger partial charge in [-0.1, -0.05) is 11.6 Å². The summed E-state index contributed by atoms with van der Waals surface area (Å²) in [5.41, 5.74) is 8.17. The average molecular weight is 363 g/mol. The lowest BCUT2D eigenvalue weighted by Gasteiger charge is -2.11. The lowest BCUT2D eigenvalue weighted by Crippen LogP contribution is -2.24. The monoisotopic (exact) mass is 362 g/mol. The van der Waals surface area contributed by atoms with Crippen molar-refractivity contribution in [3.63, 3.8) is 0 Å². The van der Waals surface area contributed by atoms with Crippen LogP contribution in [0.1, 0.15) is 10.4 Å². The standard InChI is InChI=1S/C9H6ClF3N4O4.ClH/c10-4-2-5(17(19)20)3(7(18)16-8(14)15)1-6(4)21-9(11,12)13;/h1-2H,(H4,14,15,16,18);1H. The molecule has 0 radical (unpaired) electrons. The van der Waals surface area contributed by atoms with Gasteiger partial charge in [0.05, 0.1) is 9.95 Å². The van der Waals surface area contributed by atoms with Gasteiger partial charge in [-0.15, -0.1) is 25.6 Å². The van der Waals surface area contributed by atoms with E-state index < -0.39 is 45.2 Å². The van der Waals surface area contributed by atoms with E-state index in [-0.39, 0.29) is 12.4 Å². The van der Waals surface area contributed by atoms with Gasteiger partial charge in [0.1, 0.15) is 11.3 Å². The van der Waals surface area contributed by atoms with Crippen LogP contribution < -0.4 is 16.2 Å². The number of carbonyl (C=O) groups is 1. The molecule has 0 atom stereocenters. The Hall–Kier alpha value is -2.27. The number of benzene rings is 1. The molecule has 1 amide bonds. The predicted molar refractivity (Wildman–Crippen MR) is 72.2 cm³/mol. The number of hydrogen-bond donors (Lipinski definition) is 2. The van der Waals surface area contributed by atoms with Crippen molar-refractivity contribution in [3.8, 4) is 5.75 Å². The molecule has 22 heavy (non-hydrogen) atoms. The van der Waals surface area contributed by atoms with Gasteiger partial charge in [-0.3, -0.25) is 14.9 Å². The van der Waals surface area contributed by atoms with Gasteiger partial charge in [-0.25, -0.2) is 0 Å². The molecule has 0 saturated heterocycles. The van der Waals surface area contributed by atoms with Gasteiger partial charge in [0.15, 0.2) is 5.96 Å². The highest BCUT2D eigenvalue weighted by Crippen LogP contribution is 2.35. The van der Waals surface area contributed by atoms with Crippen LogP contribution in [0, 0.1) is 10.1 Å². The fraction of sp³-hybridized carbons (Fsp3) is 0.111. The van der Waals surface area contributed by atoms with Crippen LogP contribution in [0.4, 0.5) is 18.9 Å². The number of carbonyl (C=O) groups excluding carboxylic acids is 1. The largest absolute Gasteiger partial charge is 0.573 e. The molecule has 0 unspecified atom stereocenters. The van der Waals surface area contributed by atoms with Gasteiger partial charge >= 0.3 is 6.36 Å². The molecule has 0 aliphatic carbocycles. The highest BCUT2D eigenvalue weighted by molar-refractivity contribution is 6.32. The summed E-state index contributed by atoms with van der Waals surface area (Å²) in [7, 11) is 0. The Balaban J connectivity index is 0.00000441. The van der Waals surface area contributed by atoms with Crippen LogP contribution >= 0.6 is 24.0 Å². The van der Waals surface area contributed by atoms with Crippen LogP contribution in [-0.2, 0) is 0 Å². The molecule has 0 saturated carbocycles. The zero-order valence-corrected chi connectivity index (χ0v) is 11.8. The fourth-order valence-electron chi connectivity index (χ4n) is 1.25. The molecule has 0 aliphatic heterocycles. The van der Waals surface area contributed by atoms with Crippen molar-refractivity contribution < 1.29 is 27.6 Å². The van der Waals surface area contributed by atoms with E-state index in [9.17, 15) is 28.1 Å². The van der Waals surface area contributed by atoms with E-state index in [2.05, 4.69) is 9.73 Å². The number of hydrogen-bond acceptors (Lipinski definition) is 4. The number of nitro groups is 1. The van der Waals surface area contributed by atoms with Gasteiger partial charge in [-0.2, -0.15) is 4.99 Å². The summed E-state index contributed by atoms with van der Waals surface area (Å²) in [4.78, 5) is 24.3. The smallest absolute Gasteiger partial charge is 0.404 e. The molecule has 122 valence electrons. The maximum atomic E-state index is 12.2. The second-order valence-corrected chi connectivity index (χ2v) is 3.85. The zero-order chi connectivity index (χ0) is 16.4. The number of rotatable bonds is 3. The summed E-state index contributed by atoms with van der Waals surface area (Å²) in [5, 5.41) is 10.1. The van der Waals surface area contributed by atoms with Crippen LogP contribution in [0.5, 0.6) is 5.75 Å². The normalized spacial score (nSPS) is 10.4. The second kappa shape index (κ2) is 7.13. The first kappa shape index (κ1) is 19.7. The Kier molecular flexibility index (Phi) is 6.40. The third-order valence-electron chi connectivity index (χ3n) is 1.93. The van der Waals surface area contributed by atoms with Crippen molar-refractivity contribution in [2.45, 2.75) is 6.36 Å². The number of halogens is 5. The Labute approximate surface area is 131 Å². The summed E-state index contributed by atoms with van der Waals surface area (Å²) in [6.07, 6.45) is -5.10. The Bertz CT molecular complexity index is 632. The summed E-state index contributed by atoms with van der Waals surface area (Å²) in [6.45, 7) is 0. The van der Waals surface area contributed by atoms with Gasteiger partial charge in [0.25, 0.3) is 11.6 Å². The maximum Gasteiger partial charge on any atom is 0.573 e. The maximum absolute atomic E-state index is 12.2. The second-order valence-electron chi connectivity index (χ2n) is 3.45. The molecule has 0 heterocycles. The number of nitro benzene ring substituents is 1. The molecule has 8 nitrogen and oxygen atoms in total. The minimum Gasteiger partial charge on any atom is -0.404 e. The average Bonchev–Trinajstić information content (AvgIpc) is 2.28. The highest BCUT2D eigenvalue weighted by atomic mass is 35.5. The van der Waals surface area contributed by atoms with Gasteiger partial charge in [0.2, 0.25) is 0 Å². The zero-order valence-electron chi connectivity index (χ0n) is 10.3. The van der Waals surface area contributed by atoms with Gasteiger partial charge in [0, 0.05) is 12.1 Å². The number of guanidine groups is 1. The van der Waals surface area contributed by atoms with Crippen molar-refractivity contribution >= 4 is 41.6 Å².